The van der Waals surface area contributed by atoms with Crippen molar-refractivity contribution < 1.29 is 9.53 Å². The highest BCUT2D eigenvalue weighted by Gasteiger charge is 2.10. The number of thiazole rings is 1. The molecule has 0 radical (unpaired) electrons. The van der Waals surface area contributed by atoms with Crippen LogP contribution in [0.5, 0.6) is 0 Å². The molecule has 1 heterocycles. The highest BCUT2D eigenvalue weighted by Crippen LogP contribution is 2.20. The van der Waals surface area contributed by atoms with Gasteiger partial charge in [0, 0.05) is 36.8 Å². The van der Waals surface area contributed by atoms with Gasteiger partial charge in [0.15, 0.2) is 0 Å². The van der Waals surface area contributed by atoms with Crippen LogP contribution in [0, 0.1) is 0 Å². The van der Waals surface area contributed by atoms with Crippen molar-refractivity contribution in [2.24, 2.45) is 0 Å². The number of rotatable bonds is 6. The van der Waals surface area contributed by atoms with Crippen molar-refractivity contribution in [2.75, 3.05) is 19.0 Å². The number of nitrogens with one attached hydrogen (secondary N) is 2. The summed E-state index contributed by atoms with van der Waals surface area (Å²) in [7, 11) is 1.66. The first kappa shape index (κ1) is 16.5. The van der Waals surface area contributed by atoms with E-state index in [-0.39, 0.29) is 18.1 Å². The van der Waals surface area contributed by atoms with Gasteiger partial charge in [-0.15, -0.1) is 11.3 Å². The number of carbonyl (C=O) groups excluding carboxylic acids is 1. The van der Waals surface area contributed by atoms with Gasteiger partial charge in [-0.3, -0.25) is 0 Å². The summed E-state index contributed by atoms with van der Waals surface area (Å²) in [4.78, 5) is 16.2. The fourth-order valence-electron chi connectivity index (χ4n) is 1.99. The summed E-state index contributed by atoms with van der Waals surface area (Å²) in [5.74, 6) is 0.200. The number of hydrogen-bond acceptors (Lipinski definition) is 4. The number of methoxy groups -OCH3 is 1. The summed E-state index contributed by atoms with van der Waals surface area (Å²) < 4.78 is 5.28. The summed E-state index contributed by atoms with van der Waals surface area (Å²) in [6, 6.07) is 7.43. The van der Waals surface area contributed by atoms with Gasteiger partial charge in [-0.05, 0) is 24.6 Å². The van der Waals surface area contributed by atoms with Gasteiger partial charge in [0.1, 0.15) is 0 Å². The maximum atomic E-state index is 12.0. The molecule has 0 aliphatic heterocycles. The number of hydrogen-bond donors (Lipinski definition) is 2. The van der Waals surface area contributed by atoms with E-state index < -0.39 is 0 Å². The molecular formula is C16H21N3O2S. The van der Waals surface area contributed by atoms with E-state index in [0.717, 1.165) is 16.3 Å². The van der Waals surface area contributed by atoms with E-state index in [1.54, 1.807) is 24.6 Å². The van der Waals surface area contributed by atoms with E-state index in [9.17, 15) is 4.79 Å². The van der Waals surface area contributed by atoms with Crippen molar-refractivity contribution in [3.05, 3.63) is 46.4 Å². The van der Waals surface area contributed by atoms with Crippen LogP contribution in [0.15, 0.2) is 35.8 Å². The lowest BCUT2D eigenvalue weighted by atomic mass is 10.1. The van der Waals surface area contributed by atoms with Gasteiger partial charge in [0.25, 0.3) is 0 Å². The topological polar surface area (TPSA) is 63.2 Å². The Balaban J connectivity index is 1.87. The van der Waals surface area contributed by atoms with Gasteiger partial charge in [-0.25, -0.2) is 9.78 Å². The van der Waals surface area contributed by atoms with Crippen LogP contribution in [0.25, 0.3) is 0 Å². The Kier molecular flexibility index (Phi) is 5.91. The highest BCUT2D eigenvalue weighted by molar-refractivity contribution is 7.09. The lowest BCUT2D eigenvalue weighted by molar-refractivity contribution is 0.119. The molecule has 0 spiro atoms. The van der Waals surface area contributed by atoms with Crippen molar-refractivity contribution in [1.29, 1.82) is 0 Å². The second-order valence-corrected chi connectivity index (χ2v) is 6.04. The minimum Gasteiger partial charge on any atom is -0.377 e. The van der Waals surface area contributed by atoms with E-state index >= 15 is 0 Å². The van der Waals surface area contributed by atoms with Gasteiger partial charge in [0.05, 0.1) is 11.1 Å². The Hall–Kier alpha value is -1.92. The predicted octanol–water partition coefficient (Wildman–Crippen LogP) is 3.78. The number of aromatic nitrogens is 1. The molecule has 2 amide bonds. The molecule has 0 aliphatic rings. The minimum atomic E-state index is -0.217. The van der Waals surface area contributed by atoms with Gasteiger partial charge in [-0.1, -0.05) is 19.1 Å². The number of amides is 2. The lowest BCUT2D eigenvalue weighted by Crippen LogP contribution is -2.31. The Bertz CT molecular complexity index is 601. The number of urea groups is 1. The molecule has 0 bridgehead atoms. The molecular weight excluding hydrogens is 298 g/mol. The van der Waals surface area contributed by atoms with Crippen LogP contribution in [0.2, 0.25) is 0 Å². The molecule has 118 valence electrons. The standard InChI is InChI=1S/C16H21N3O2S/c1-11(15-17-7-8-22-15)10-18-16(20)19-14-6-4-5-13(9-14)12(2)21-3/h4-9,11-12H,10H2,1-3H3,(H2,18,19,20)/t11-,12+/m1/s1. The molecule has 1 aromatic carbocycles. The SMILES string of the molecule is CO[C@@H](C)c1cccc(NC(=O)NC[C@@H](C)c2nccs2)c1. The molecule has 2 aromatic rings. The highest BCUT2D eigenvalue weighted by atomic mass is 32.1. The third-order valence-corrected chi connectivity index (χ3v) is 4.42. The second kappa shape index (κ2) is 7.91. The molecule has 1 aromatic heterocycles. The Morgan fingerprint density at radius 2 is 2.23 bits per heavy atom. The zero-order valence-corrected chi connectivity index (χ0v) is 13.8. The maximum Gasteiger partial charge on any atom is 0.319 e. The van der Waals surface area contributed by atoms with Crippen LogP contribution in [0.4, 0.5) is 10.5 Å². The summed E-state index contributed by atoms with van der Waals surface area (Å²) >= 11 is 1.60. The number of carbonyl (C=O) groups is 1. The van der Waals surface area contributed by atoms with Gasteiger partial charge in [-0.2, -0.15) is 0 Å². The third-order valence-electron chi connectivity index (χ3n) is 3.41. The van der Waals surface area contributed by atoms with Crippen molar-refractivity contribution in [2.45, 2.75) is 25.9 Å². The smallest absolute Gasteiger partial charge is 0.319 e. The average Bonchev–Trinajstić information content (AvgIpc) is 3.06. The molecule has 2 N–H and O–H groups in total. The molecule has 5 nitrogen and oxygen atoms in total. The van der Waals surface area contributed by atoms with Gasteiger partial charge >= 0.3 is 6.03 Å². The Morgan fingerprint density at radius 1 is 1.41 bits per heavy atom. The van der Waals surface area contributed by atoms with Gasteiger partial charge < -0.3 is 15.4 Å². The summed E-state index contributed by atoms with van der Waals surface area (Å²) in [5.41, 5.74) is 1.78. The number of anilines is 1. The quantitative estimate of drug-likeness (QED) is 0.852. The molecule has 2 atom stereocenters. The molecule has 22 heavy (non-hydrogen) atoms. The second-order valence-electron chi connectivity index (χ2n) is 5.11. The van der Waals surface area contributed by atoms with E-state index in [1.165, 1.54) is 0 Å². The summed E-state index contributed by atoms with van der Waals surface area (Å²) in [6.45, 7) is 4.56. The fourth-order valence-corrected chi connectivity index (χ4v) is 2.69. The zero-order chi connectivity index (χ0) is 15.9. The molecule has 6 heteroatoms. The maximum absolute atomic E-state index is 12.0. The Labute approximate surface area is 134 Å². The lowest BCUT2D eigenvalue weighted by Gasteiger charge is -2.13. The minimum absolute atomic E-state index is 0.00487. The Morgan fingerprint density at radius 3 is 2.91 bits per heavy atom. The number of benzene rings is 1. The summed E-state index contributed by atoms with van der Waals surface area (Å²) in [5, 5.41) is 8.67. The first-order valence-corrected chi connectivity index (χ1v) is 8.05. The predicted molar refractivity (Wildman–Crippen MR) is 89.4 cm³/mol. The van der Waals surface area contributed by atoms with Crippen molar-refractivity contribution in [3.8, 4) is 0 Å². The fraction of sp³-hybridized carbons (Fsp3) is 0.375. The molecule has 0 unspecified atom stereocenters. The number of ether oxygens (including phenoxy) is 1. The van der Waals surface area contributed by atoms with Crippen LogP contribution in [-0.4, -0.2) is 24.7 Å². The third kappa shape index (κ3) is 4.54. The molecule has 0 saturated carbocycles. The number of nitrogens with zero attached hydrogens (tertiary/aromatic N) is 1. The van der Waals surface area contributed by atoms with Crippen LogP contribution in [0.3, 0.4) is 0 Å². The normalized spacial score (nSPS) is 13.4. The molecule has 0 fully saturated rings. The molecule has 0 saturated heterocycles. The van der Waals surface area contributed by atoms with E-state index in [1.807, 2.05) is 43.5 Å². The van der Waals surface area contributed by atoms with Crippen molar-refractivity contribution in [3.63, 3.8) is 0 Å². The van der Waals surface area contributed by atoms with Crippen LogP contribution in [0.1, 0.15) is 36.4 Å². The van der Waals surface area contributed by atoms with Crippen molar-refractivity contribution in [1.82, 2.24) is 10.3 Å². The van der Waals surface area contributed by atoms with E-state index in [4.69, 9.17) is 4.74 Å². The van der Waals surface area contributed by atoms with E-state index in [0.29, 0.717) is 6.54 Å². The molecule has 2 rings (SSSR count). The first-order valence-electron chi connectivity index (χ1n) is 7.17. The largest absolute Gasteiger partial charge is 0.377 e. The zero-order valence-electron chi connectivity index (χ0n) is 13.0. The first-order chi connectivity index (χ1) is 10.6. The summed E-state index contributed by atoms with van der Waals surface area (Å²) in [6.07, 6.45) is 1.77. The average molecular weight is 319 g/mol. The van der Waals surface area contributed by atoms with Crippen molar-refractivity contribution >= 4 is 23.1 Å². The monoisotopic (exact) mass is 319 g/mol. The van der Waals surface area contributed by atoms with Crippen LogP contribution >= 0.6 is 11.3 Å². The van der Waals surface area contributed by atoms with Crippen LogP contribution in [-0.2, 0) is 4.74 Å². The van der Waals surface area contributed by atoms with E-state index in [2.05, 4.69) is 15.6 Å². The van der Waals surface area contributed by atoms with Gasteiger partial charge in [0.2, 0.25) is 0 Å². The molecule has 0 aliphatic carbocycles. The van der Waals surface area contributed by atoms with Crippen LogP contribution < -0.4 is 10.6 Å².